The van der Waals surface area contributed by atoms with Gasteiger partial charge in [-0.25, -0.2) is 9.59 Å². The van der Waals surface area contributed by atoms with Crippen LogP contribution >= 0.6 is 0 Å². The average molecular weight is 402 g/mol. The summed E-state index contributed by atoms with van der Waals surface area (Å²) in [5.41, 5.74) is -1.52. The van der Waals surface area contributed by atoms with Crippen molar-refractivity contribution >= 4 is 23.8 Å². The summed E-state index contributed by atoms with van der Waals surface area (Å²) >= 11 is 0. The van der Waals surface area contributed by atoms with Gasteiger partial charge in [0.15, 0.2) is 12.1 Å². The lowest BCUT2D eigenvalue weighted by molar-refractivity contribution is -0.156. The van der Waals surface area contributed by atoms with Crippen molar-refractivity contribution in [3.8, 4) is 0 Å². The van der Waals surface area contributed by atoms with E-state index in [4.69, 9.17) is 9.47 Å². The van der Waals surface area contributed by atoms with E-state index in [1.54, 1.807) is 13.8 Å². The number of rotatable bonds is 10. The maximum absolute atomic E-state index is 12.9. The zero-order valence-corrected chi connectivity index (χ0v) is 16.4. The molecule has 1 aliphatic rings. The van der Waals surface area contributed by atoms with Gasteiger partial charge < -0.3 is 30.3 Å². The Labute approximate surface area is 163 Å². The van der Waals surface area contributed by atoms with Crippen LogP contribution in [0.4, 0.5) is 0 Å². The lowest BCUT2D eigenvalue weighted by atomic mass is 9.72. The summed E-state index contributed by atoms with van der Waals surface area (Å²) in [6, 6.07) is -2.59. The highest BCUT2D eigenvalue weighted by atomic mass is 16.5. The fraction of sp³-hybridized carbons (Fsp3) is 0.778. The molecule has 160 valence electrons. The predicted octanol–water partition coefficient (Wildman–Crippen LogP) is -0.983. The summed E-state index contributed by atoms with van der Waals surface area (Å²) in [5.74, 6) is -3.05. The molecule has 2 amide bonds. The molecular weight excluding hydrogens is 372 g/mol. The van der Waals surface area contributed by atoms with Gasteiger partial charge in [-0.2, -0.15) is 0 Å². The van der Waals surface area contributed by atoms with Crippen LogP contribution in [0.2, 0.25) is 0 Å². The molecule has 0 aromatic rings. The lowest BCUT2D eigenvalue weighted by Crippen LogP contribution is -2.59. The summed E-state index contributed by atoms with van der Waals surface area (Å²) in [7, 11) is 0. The van der Waals surface area contributed by atoms with Gasteiger partial charge in [0.05, 0.1) is 26.4 Å². The van der Waals surface area contributed by atoms with Crippen molar-refractivity contribution in [2.75, 3.05) is 26.4 Å². The molecule has 1 saturated carbocycles. The minimum Gasteiger partial charge on any atom is -0.464 e. The van der Waals surface area contributed by atoms with Gasteiger partial charge in [-0.3, -0.25) is 9.59 Å². The molecule has 0 radical (unpaired) electrons. The van der Waals surface area contributed by atoms with E-state index in [1.807, 2.05) is 0 Å². The van der Waals surface area contributed by atoms with Crippen LogP contribution in [0.5, 0.6) is 0 Å². The molecule has 0 aliphatic heterocycles. The second-order valence-corrected chi connectivity index (χ2v) is 6.56. The van der Waals surface area contributed by atoms with Gasteiger partial charge in [-0.1, -0.05) is 19.3 Å². The maximum Gasteiger partial charge on any atom is 0.331 e. The predicted molar refractivity (Wildman–Crippen MR) is 96.8 cm³/mol. The highest BCUT2D eigenvalue weighted by Crippen LogP contribution is 2.37. The van der Waals surface area contributed by atoms with E-state index in [1.165, 1.54) is 0 Å². The van der Waals surface area contributed by atoms with E-state index in [2.05, 4.69) is 10.6 Å². The standard InChI is InChI=1S/C18H30N2O8/c1-3-27-14(23)12(10-21)19-16(25)18(8-6-5-7-9-18)17(26)20-13(11-22)15(24)28-4-2/h12-13,21-22H,3-11H2,1-2H3,(H,19,25)(H,20,26)/t12-,13-/m1/s1. The zero-order chi connectivity index (χ0) is 21.2. The lowest BCUT2D eigenvalue weighted by Gasteiger charge is -2.36. The van der Waals surface area contributed by atoms with Crippen molar-refractivity contribution in [1.29, 1.82) is 0 Å². The Bertz CT molecular complexity index is 518. The molecule has 2 atom stereocenters. The molecule has 28 heavy (non-hydrogen) atoms. The van der Waals surface area contributed by atoms with Crippen LogP contribution in [0.3, 0.4) is 0 Å². The molecular formula is C18H30N2O8. The Morgan fingerprint density at radius 1 is 0.821 bits per heavy atom. The van der Waals surface area contributed by atoms with Gasteiger partial charge in [0, 0.05) is 0 Å². The summed E-state index contributed by atoms with van der Waals surface area (Å²) < 4.78 is 9.62. The first-order valence-corrected chi connectivity index (χ1v) is 9.53. The number of carbonyl (C=O) groups is 4. The van der Waals surface area contributed by atoms with Crippen molar-refractivity contribution in [3.63, 3.8) is 0 Å². The number of ether oxygens (including phenoxy) is 2. The quantitative estimate of drug-likeness (QED) is 0.269. The smallest absolute Gasteiger partial charge is 0.331 e. The largest absolute Gasteiger partial charge is 0.464 e. The van der Waals surface area contributed by atoms with Crippen molar-refractivity contribution in [2.45, 2.75) is 58.0 Å². The van der Waals surface area contributed by atoms with Gasteiger partial charge in [0.1, 0.15) is 5.41 Å². The number of hydrogen-bond donors (Lipinski definition) is 4. The van der Waals surface area contributed by atoms with Crippen LogP contribution in [-0.2, 0) is 28.7 Å². The minimum absolute atomic E-state index is 0.0779. The Morgan fingerprint density at radius 2 is 1.21 bits per heavy atom. The monoisotopic (exact) mass is 402 g/mol. The van der Waals surface area contributed by atoms with Gasteiger partial charge in [0.2, 0.25) is 11.8 Å². The second-order valence-electron chi connectivity index (χ2n) is 6.56. The molecule has 0 heterocycles. The average Bonchev–Trinajstić information content (AvgIpc) is 2.70. The molecule has 4 N–H and O–H groups in total. The highest BCUT2D eigenvalue weighted by molar-refractivity contribution is 6.07. The molecule has 10 heteroatoms. The van der Waals surface area contributed by atoms with Crippen molar-refractivity contribution in [1.82, 2.24) is 10.6 Å². The third-order valence-electron chi connectivity index (χ3n) is 4.69. The van der Waals surface area contributed by atoms with Gasteiger partial charge in [-0.05, 0) is 26.7 Å². The number of aliphatic hydroxyl groups is 2. The topological polar surface area (TPSA) is 151 Å². The summed E-state index contributed by atoms with van der Waals surface area (Å²) in [5, 5.41) is 23.6. The minimum atomic E-state index is -1.52. The van der Waals surface area contributed by atoms with Crippen LogP contribution < -0.4 is 10.6 Å². The summed E-state index contributed by atoms with van der Waals surface area (Å²) in [6.07, 6.45) is 2.48. The number of hydrogen-bond acceptors (Lipinski definition) is 8. The summed E-state index contributed by atoms with van der Waals surface area (Å²) in [6.45, 7) is 1.99. The second kappa shape index (κ2) is 11.6. The number of aliphatic hydroxyl groups excluding tert-OH is 2. The molecule has 0 unspecified atom stereocenters. The van der Waals surface area contributed by atoms with E-state index in [0.717, 1.165) is 6.42 Å². The number of nitrogens with one attached hydrogen (secondary N) is 2. The highest BCUT2D eigenvalue weighted by Gasteiger charge is 2.48. The number of esters is 2. The van der Waals surface area contributed by atoms with E-state index in [9.17, 15) is 29.4 Å². The van der Waals surface area contributed by atoms with E-state index in [-0.39, 0.29) is 26.1 Å². The Hall–Kier alpha value is -2.20. The van der Waals surface area contributed by atoms with E-state index < -0.39 is 54.5 Å². The number of carbonyl (C=O) groups excluding carboxylic acids is 4. The van der Waals surface area contributed by atoms with Gasteiger partial charge in [-0.15, -0.1) is 0 Å². The molecule has 0 aromatic heterocycles. The third kappa shape index (κ3) is 5.90. The first kappa shape index (κ1) is 23.8. The first-order chi connectivity index (χ1) is 13.4. The third-order valence-corrected chi connectivity index (χ3v) is 4.69. The summed E-state index contributed by atoms with van der Waals surface area (Å²) in [4.78, 5) is 49.6. The van der Waals surface area contributed by atoms with E-state index >= 15 is 0 Å². The molecule has 10 nitrogen and oxygen atoms in total. The maximum atomic E-state index is 12.9. The fourth-order valence-corrected chi connectivity index (χ4v) is 3.15. The molecule has 0 bridgehead atoms. The molecule has 0 saturated heterocycles. The van der Waals surface area contributed by atoms with Crippen molar-refractivity contribution in [2.24, 2.45) is 5.41 Å². The van der Waals surface area contributed by atoms with Crippen LogP contribution in [0, 0.1) is 5.41 Å². The Balaban J connectivity index is 2.99. The molecule has 0 spiro atoms. The molecule has 1 rings (SSSR count). The molecule has 0 aromatic carbocycles. The zero-order valence-electron chi connectivity index (χ0n) is 16.4. The Kier molecular flexibility index (Phi) is 9.88. The van der Waals surface area contributed by atoms with Crippen LogP contribution in [-0.4, -0.2) is 72.5 Å². The van der Waals surface area contributed by atoms with Crippen molar-refractivity contribution in [3.05, 3.63) is 0 Å². The SMILES string of the molecule is CCOC(=O)[C@@H](CO)NC(=O)C1(C(=O)N[C@H](CO)C(=O)OCC)CCCCC1. The Morgan fingerprint density at radius 3 is 1.54 bits per heavy atom. The molecule has 1 fully saturated rings. The van der Waals surface area contributed by atoms with Crippen LogP contribution in [0.15, 0.2) is 0 Å². The van der Waals surface area contributed by atoms with Gasteiger partial charge in [0.25, 0.3) is 0 Å². The van der Waals surface area contributed by atoms with Crippen LogP contribution in [0.25, 0.3) is 0 Å². The fourth-order valence-electron chi connectivity index (χ4n) is 3.15. The molecule has 1 aliphatic carbocycles. The number of amides is 2. The van der Waals surface area contributed by atoms with Gasteiger partial charge >= 0.3 is 11.9 Å². The first-order valence-electron chi connectivity index (χ1n) is 9.53. The van der Waals surface area contributed by atoms with E-state index in [0.29, 0.717) is 12.8 Å². The van der Waals surface area contributed by atoms with Crippen LogP contribution in [0.1, 0.15) is 46.0 Å². The van der Waals surface area contributed by atoms with Crippen molar-refractivity contribution < 1.29 is 38.9 Å². The normalized spacial score (nSPS) is 17.7.